The van der Waals surface area contributed by atoms with Crippen LogP contribution in [0.3, 0.4) is 0 Å². The number of ether oxygens (including phenoxy) is 1. The van der Waals surface area contributed by atoms with Crippen molar-refractivity contribution < 1.29 is 4.74 Å². The average Bonchev–Trinajstić information content (AvgIpc) is 3.19. The Morgan fingerprint density at radius 3 is 2.95 bits per heavy atom. The Morgan fingerprint density at radius 2 is 2.20 bits per heavy atom. The van der Waals surface area contributed by atoms with E-state index in [1.807, 2.05) is 6.33 Å². The summed E-state index contributed by atoms with van der Waals surface area (Å²) in [6.45, 7) is 3.06. The van der Waals surface area contributed by atoms with Crippen LogP contribution < -0.4 is 5.73 Å². The fourth-order valence-corrected chi connectivity index (χ4v) is 2.67. The van der Waals surface area contributed by atoms with Crippen LogP contribution in [-0.2, 0) is 4.74 Å². The topological polar surface area (TPSA) is 82.2 Å². The fraction of sp³-hybridized carbons (Fsp3) is 0.643. The first-order chi connectivity index (χ1) is 9.81. The summed E-state index contributed by atoms with van der Waals surface area (Å²) < 4.78 is 7.62. The van der Waals surface area contributed by atoms with E-state index < -0.39 is 0 Å². The van der Waals surface area contributed by atoms with E-state index in [9.17, 15) is 0 Å². The van der Waals surface area contributed by atoms with Crippen molar-refractivity contribution in [1.82, 2.24) is 19.5 Å². The van der Waals surface area contributed by atoms with Crippen molar-refractivity contribution in [2.75, 3.05) is 12.3 Å². The number of unbranched alkanes of at least 4 members (excludes halogenated alkanes) is 3. The molecule has 6 nitrogen and oxygen atoms in total. The first kappa shape index (κ1) is 13.3. The van der Waals surface area contributed by atoms with Gasteiger partial charge in [-0.3, -0.25) is 0 Å². The Hall–Kier alpha value is -1.69. The second-order valence-electron chi connectivity index (χ2n) is 5.37. The predicted molar refractivity (Wildman–Crippen MR) is 77.3 cm³/mol. The van der Waals surface area contributed by atoms with Gasteiger partial charge < -0.3 is 15.0 Å². The van der Waals surface area contributed by atoms with Crippen molar-refractivity contribution in [2.24, 2.45) is 0 Å². The molecule has 0 spiro atoms. The molecule has 3 rings (SSSR count). The third kappa shape index (κ3) is 2.60. The van der Waals surface area contributed by atoms with Gasteiger partial charge in [0.2, 0.25) is 0 Å². The van der Waals surface area contributed by atoms with Crippen molar-refractivity contribution in [1.29, 1.82) is 0 Å². The molecule has 6 heteroatoms. The summed E-state index contributed by atoms with van der Waals surface area (Å²) in [6.07, 6.45) is 9.73. The van der Waals surface area contributed by atoms with Gasteiger partial charge in [0.05, 0.1) is 19.0 Å². The SMILES string of the molecule is CCCCCC[C@H]([C@H]1CO1)n1cnc2c(N)ncnc21. The predicted octanol–water partition coefficient (Wildman–Crippen LogP) is 2.32. The summed E-state index contributed by atoms with van der Waals surface area (Å²) in [6, 6.07) is 0.311. The van der Waals surface area contributed by atoms with Crippen LogP contribution in [0.5, 0.6) is 0 Å². The van der Waals surface area contributed by atoms with E-state index in [2.05, 4.69) is 26.4 Å². The number of fused-ring (bicyclic) bond motifs is 1. The van der Waals surface area contributed by atoms with Crippen molar-refractivity contribution >= 4 is 17.0 Å². The molecule has 0 saturated carbocycles. The molecule has 2 aromatic rings. The maximum atomic E-state index is 5.84. The number of imidazole rings is 1. The van der Waals surface area contributed by atoms with E-state index in [-0.39, 0.29) is 0 Å². The van der Waals surface area contributed by atoms with Crippen LogP contribution >= 0.6 is 0 Å². The van der Waals surface area contributed by atoms with Gasteiger partial charge in [-0.2, -0.15) is 0 Å². The minimum Gasteiger partial charge on any atom is -0.382 e. The van der Waals surface area contributed by atoms with Crippen LogP contribution in [0.15, 0.2) is 12.7 Å². The Bertz CT molecular complexity index is 578. The van der Waals surface area contributed by atoms with Crippen LogP contribution in [-0.4, -0.2) is 32.2 Å². The Labute approximate surface area is 118 Å². The second kappa shape index (κ2) is 5.75. The van der Waals surface area contributed by atoms with E-state index in [0.29, 0.717) is 23.5 Å². The summed E-state index contributed by atoms with van der Waals surface area (Å²) in [5.41, 5.74) is 7.34. The number of hydrogen-bond acceptors (Lipinski definition) is 5. The lowest BCUT2D eigenvalue weighted by atomic mass is 10.0. The molecule has 20 heavy (non-hydrogen) atoms. The monoisotopic (exact) mass is 275 g/mol. The molecule has 0 aliphatic carbocycles. The largest absolute Gasteiger partial charge is 0.382 e. The smallest absolute Gasteiger partial charge is 0.165 e. The first-order valence-corrected chi connectivity index (χ1v) is 7.36. The molecule has 2 aromatic heterocycles. The zero-order valence-corrected chi connectivity index (χ0v) is 11.8. The van der Waals surface area contributed by atoms with Crippen molar-refractivity contribution in [3.63, 3.8) is 0 Å². The van der Waals surface area contributed by atoms with E-state index >= 15 is 0 Å². The lowest BCUT2D eigenvalue weighted by Crippen LogP contribution is -2.15. The highest BCUT2D eigenvalue weighted by Crippen LogP contribution is 2.32. The molecule has 0 amide bonds. The standard InChI is InChI=1S/C14H21N5O/c1-2-3-4-5-6-10(11-7-20-11)19-9-18-12-13(15)16-8-17-14(12)19/h8-11H,2-7H2,1H3,(H2,15,16,17)/t10-,11-/m1/s1. The van der Waals surface area contributed by atoms with Gasteiger partial charge >= 0.3 is 0 Å². The van der Waals surface area contributed by atoms with Gasteiger partial charge in [0.15, 0.2) is 11.5 Å². The lowest BCUT2D eigenvalue weighted by molar-refractivity contribution is 0.310. The van der Waals surface area contributed by atoms with Crippen LogP contribution in [0.2, 0.25) is 0 Å². The molecule has 1 aliphatic rings. The molecule has 1 saturated heterocycles. The lowest BCUT2D eigenvalue weighted by Gasteiger charge is -2.16. The van der Waals surface area contributed by atoms with Gasteiger partial charge in [-0.25, -0.2) is 15.0 Å². The molecular weight excluding hydrogens is 254 g/mol. The summed E-state index contributed by atoms with van der Waals surface area (Å²) in [5, 5.41) is 0. The highest BCUT2D eigenvalue weighted by molar-refractivity contribution is 5.81. The third-order valence-electron chi connectivity index (χ3n) is 3.89. The van der Waals surface area contributed by atoms with Crippen LogP contribution in [0, 0.1) is 0 Å². The minimum absolute atomic E-state index is 0.296. The van der Waals surface area contributed by atoms with E-state index in [0.717, 1.165) is 18.7 Å². The summed E-state index contributed by atoms with van der Waals surface area (Å²) in [7, 11) is 0. The van der Waals surface area contributed by atoms with Crippen LogP contribution in [0.1, 0.15) is 45.1 Å². The van der Waals surface area contributed by atoms with Crippen LogP contribution in [0.25, 0.3) is 11.2 Å². The quantitative estimate of drug-likeness (QED) is 0.619. The number of epoxide rings is 1. The average molecular weight is 275 g/mol. The maximum absolute atomic E-state index is 5.84. The normalized spacial score (nSPS) is 19.4. The second-order valence-corrected chi connectivity index (χ2v) is 5.37. The number of anilines is 1. The summed E-state index contributed by atoms with van der Waals surface area (Å²) >= 11 is 0. The van der Waals surface area contributed by atoms with Gasteiger partial charge in [-0.15, -0.1) is 0 Å². The molecule has 3 heterocycles. The number of hydrogen-bond donors (Lipinski definition) is 1. The molecular formula is C14H21N5O. The Kier molecular flexibility index (Phi) is 3.82. The molecule has 2 atom stereocenters. The summed E-state index contributed by atoms with van der Waals surface area (Å²) in [5.74, 6) is 0.440. The van der Waals surface area contributed by atoms with Crippen molar-refractivity contribution in [2.45, 2.75) is 51.2 Å². The first-order valence-electron chi connectivity index (χ1n) is 7.36. The number of nitrogens with two attached hydrogens (primary N) is 1. The molecule has 1 fully saturated rings. The van der Waals surface area contributed by atoms with Crippen molar-refractivity contribution in [3.8, 4) is 0 Å². The van der Waals surface area contributed by atoms with Gasteiger partial charge in [0.25, 0.3) is 0 Å². The molecule has 0 bridgehead atoms. The molecule has 108 valence electrons. The highest BCUT2D eigenvalue weighted by atomic mass is 16.6. The van der Waals surface area contributed by atoms with Gasteiger partial charge in [-0.05, 0) is 6.42 Å². The van der Waals surface area contributed by atoms with E-state index in [1.165, 1.54) is 32.0 Å². The number of nitrogens with zero attached hydrogens (tertiary/aromatic N) is 4. The zero-order valence-electron chi connectivity index (χ0n) is 11.8. The van der Waals surface area contributed by atoms with Crippen LogP contribution in [0.4, 0.5) is 5.82 Å². The van der Waals surface area contributed by atoms with E-state index in [4.69, 9.17) is 10.5 Å². The zero-order chi connectivity index (χ0) is 13.9. The number of aromatic nitrogens is 4. The molecule has 0 aromatic carbocycles. The Balaban J connectivity index is 1.80. The minimum atomic E-state index is 0.296. The van der Waals surface area contributed by atoms with Crippen molar-refractivity contribution in [3.05, 3.63) is 12.7 Å². The molecule has 2 N–H and O–H groups in total. The van der Waals surface area contributed by atoms with Gasteiger partial charge in [0.1, 0.15) is 17.9 Å². The highest BCUT2D eigenvalue weighted by Gasteiger charge is 2.34. The molecule has 1 aliphatic heterocycles. The molecule has 0 unspecified atom stereocenters. The maximum Gasteiger partial charge on any atom is 0.165 e. The Morgan fingerprint density at radius 1 is 1.35 bits per heavy atom. The van der Waals surface area contributed by atoms with Gasteiger partial charge in [0, 0.05) is 0 Å². The third-order valence-corrected chi connectivity index (χ3v) is 3.89. The summed E-state index contributed by atoms with van der Waals surface area (Å²) in [4.78, 5) is 12.7. The van der Waals surface area contributed by atoms with Gasteiger partial charge in [-0.1, -0.05) is 32.6 Å². The number of rotatable bonds is 7. The fourth-order valence-electron chi connectivity index (χ4n) is 2.67. The molecule has 0 radical (unpaired) electrons. The number of nitrogen functional groups attached to an aromatic ring is 1. The van der Waals surface area contributed by atoms with E-state index in [1.54, 1.807) is 0 Å².